The average Bonchev–Trinajstić information content (AvgIpc) is 2.37. The van der Waals surface area contributed by atoms with Gasteiger partial charge in [0.25, 0.3) is 10.0 Å². The Kier molecular flexibility index (Phi) is 5.33. The number of aliphatic hydroxyl groups excluding tert-OH is 1. The van der Waals surface area contributed by atoms with Crippen LogP contribution in [0, 0.1) is 0 Å². The summed E-state index contributed by atoms with van der Waals surface area (Å²) in [5, 5.41) is 9.38. The Balaban J connectivity index is 2.73. The van der Waals surface area contributed by atoms with Gasteiger partial charge >= 0.3 is 0 Å². The van der Waals surface area contributed by atoms with E-state index >= 15 is 0 Å². The molecule has 0 aliphatic carbocycles. The van der Waals surface area contributed by atoms with Crippen LogP contribution < -0.4 is 9.46 Å². The fraction of sp³-hybridized carbons (Fsp3) is 0.333. The van der Waals surface area contributed by atoms with Crippen LogP contribution in [0.1, 0.15) is 6.92 Å². The van der Waals surface area contributed by atoms with Crippen LogP contribution in [0.3, 0.4) is 0 Å². The Morgan fingerprint density at radius 1 is 1.39 bits per heavy atom. The molecule has 1 radical (unpaired) electrons. The normalized spacial score (nSPS) is 13.7. The molecule has 1 unspecified atom stereocenters. The van der Waals surface area contributed by atoms with Crippen molar-refractivity contribution in [1.82, 2.24) is 4.72 Å². The molecule has 0 amide bonds. The van der Waals surface area contributed by atoms with Gasteiger partial charge in [-0.2, -0.15) is 0 Å². The first-order valence-electron chi connectivity index (χ1n) is 5.38. The SMILES string of the molecule is C/C=C/C(O)C[N]S(=O)(=O)c1ccc(OC)cc1. The van der Waals surface area contributed by atoms with E-state index in [-0.39, 0.29) is 11.4 Å². The number of ether oxygens (including phenoxy) is 1. The number of aliphatic hydroxyl groups is 1. The van der Waals surface area contributed by atoms with Gasteiger partial charge < -0.3 is 9.84 Å². The minimum Gasteiger partial charge on any atom is -0.497 e. The van der Waals surface area contributed by atoms with Crippen LogP contribution in [0.25, 0.3) is 0 Å². The monoisotopic (exact) mass is 270 g/mol. The molecule has 6 heteroatoms. The maximum absolute atomic E-state index is 11.8. The minimum absolute atomic E-state index is 0.0796. The highest BCUT2D eigenvalue weighted by Gasteiger charge is 2.16. The van der Waals surface area contributed by atoms with Gasteiger partial charge in [-0.3, -0.25) is 0 Å². The van der Waals surface area contributed by atoms with Crippen LogP contribution in [-0.4, -0.2) is 33.3 Å². The standard InChI is InChI=1S/C12H16NO4S/c1-3-4-10(14)9-13-18(15,16)12-7-5-11(17-2)6-8-12/h3-8,10,14H,9H2,1-2H3/b4-3+. The molecule has 0 aromatic heterocycles. The Hall–Kier alpha value is -1.37. The average molecular weight is 270 g/mol. The summed E-state index contributed by atoms with van der Waals surface area (Å²) in [4.78, 5) is 0.0796. The van der Waals surface area contributed by atoms with E-state index < -0.39 is 16.1 Å². The lowest BCUT2D eigenvalue weighted by atomic mass is 10.3. The molecule has 1 N–H and O–H groups in total. The van der Waals surface area contributed by atoms with E-state index in [9.17, 15) is 13.5 Å². The van der Waals surface area contributed by atoms with E-state index in [4.69, 9.17) is 4.74 Å². The van der Waals surface area contributed by atoms with Crippen LogP contribution in [0.5, 0.6) is 5.75 Å². The number of hydrogen-bond acceptors (Lipinski definition) is 4. The molecule has 18 heavy (non-hydrogen) atoms. The smallest absolute Gasteiger partial charge is 0.256 e. The molecule has 0 saturated carbocycles. The van der Waals surface area contributed by atoms with Gasteiger partial charge in [-0.05, 0) is 31.2 Å². The zero-order valence-corrected chi connectivity index (χ0v) is 11.1. The predicted octanol–water partition coefficient (Wildman–Crippen LogP) is 0.925. The Bertz CT molecular complexity index is 493. The van der Waals surface area contributed by atoms with Gasteiger partial charge in [-0.1, -0.05) is 12.2 Å². The number of hydrogen-bond donors (Lipinski definition) is 1. The van der Waals surface area contributed by atoms with Crippen molar-refractivity contribution < 1.29 is 18.3 Å². The highest BCUT2D eigenvalue weighted by atomic mass is 32.2. The maximum atomic E-state index is 11.8. The lowest BCUT2D eigenvalue weighted by Gasteiger charge is -2.07. The van der Waals surface area contributed by atoms with E-state index in [1.165, 1.54) is 25.3 Å². The van der Waals surface area contributed by atoms with Crippen molar-refractivity contribution in [2.45, 2.75) is 17.9 Å². The minimum atomic E-state index is -3.72. The van der Waals surface area contributed by atoms with Gasteiger partial charge in [-0.15, -0.1) is 4.72 Å². The van der Waals surface area contributed by atoms with Crippen molar-refractivity contribution in [2.75, 3.05) is 13.7 Å². The lowest BCUT2D eigenvalue weighted by molar-refractivity contribution is 0.225. The number of sulfonamides is 1. The van der Waals surface area contributed by atoms with Gasteiger partial charge in [0.15, 0.2) is 0 Å². The molecule has 1 atom stereocenters. The van der Waals surface area contributed by atoms with Gasteiger partial charge in [0.05, 0.1) is 24.7 Å². The first kappa shape index (κ1) is 14.7. The zero-order valence-electron chi connectivity index (χ0n) is 10.3. The van der Waals surface area contributed by atoms with Gasteiger partial charge in [0, 0.05) is 0 Å². The van der Waals surface area contributed by atoms with Gasteiger partial charge in [0.1, 0.15) is 5.75 Å². The molecule has 0 aliphatic rings. The molecule has 1 aromatic carbocycles. The van der Waals surface area contributed by atoms with E-state index in [2.05, 4.69) is 4.72 Å². The molecule has 0 saturated heterocycles. The highest BCUT2D eigenvalue weighted by Crippen LogP contribution is 2.15. The number of benzene rings is 1. The topological polar surface area (TPSA) is 77.7 Å². The molecule has 0 heterocycles. The summed E-state index contributed by atoms with van der Waals surface area (Å²) in [6, 6.07) is 5.93. The van der Waals surface area contributed by atoms with E-state index in [1.54, 1.807) is 25.1 Å². The second kappa shape index (κ2) is 6.53. The summed E-state index contributed by atoms with van der Waals surface area (Å²) in [5.41, 5.74) is 0. The number of rotatable bonds is 6. The van der Waals surface area contributed by atoms with Crippen LogP contribution in [0.2, 0.25) is 0 Å². The Labute approximate surface area is 107 Å². The first-order valence-corrected chi connectivity index (χ1v) is 6.82. The maximum Gasteiger partial charge on any atom is 0.256 e. The third kappa shape index (κ3) is 4.14. The summed E-state index contributed by atoms with van der Waals surface area (Å²) >= 11 is 0. The predicted molar refractivity (Wildman–Crippen MR) is 68.0 cm³/mol. The van der Waals surface area contributed by atoms with Crippen molar-refractivity contribution in [3.8, 4) is 5.75 Å². The Morgan fingerprint density at radius 2 is 2.00 bits per heavy atom. The van der Waals surface area contributed by atoms with Crippen LogP contribution in [-0.2, 0) is 10.0 Å². The molecule has 0 bridgehead atoms. The fourth-order valence-electron chi connectivity index (χ4n) is 1.28. The van der Waals surface area contributed by atoms with Crippen molar-refractivity contribution >= 4 is 10.0 Å². The van der Waals surface area contributed by atoms with E-state index in [0.29, 0.717) is 5.75 Å². The number of methoxy groups -OCH3 is 1. The number of allylic oxidation sites excluding steroid dienone is 1. The summed E-state index contributed by atoms with van der Waals surface area (Å²) < 4.78 is 32.1. The molecule has 0 spiro atoms. The molecule has 0 aliphatic heterocycles. The summed E-state index contributed by atoms with van der Waals surface area (Å²) in [7, 11) is -2.22. The van der Waals surface area contributed by atoms with Crippen LogP contribution in [0.4, 0.5) is 0 Å². The molecule has 0 fully saturated rings. The molecular weight excluding hydrogens is 254 g/mol. The summed E-state index contributed by atoms with van der Waals surface area (Å²) in [6.07, 6.45) is 2.23. The molecular formula is C12H16NO4S. The van der Waals surface area contributed by atoms with Crippen molar-refractivity contribution in [2.24, 2.45) is 0 Å². The molecule has 1 aromatic rings. The largest absolute Gasteiger partial charge is 0.497 e. The lowest BCUT2D eigenvalue weighted by Crippen LogP contribution is -2.25. The second-order valence-corrected chi connectivity index (χ2v) is 5.24. The van der Waals surface area contributed by atoms with Gasteiger partial charge in [0.2, 0.25) is 0 Å². The molecule has 99 valence electrons. The molecule has 1 rings (SSSR count). The molecule has 5 nitrogen and oxygen atoms in total. The summed E-state index contributed by atoms with van der Waals surface area (Å²) in [5.74, 6) is 0.572. The van der Waals surface area contributed by atoms with E-state index in [0.717, 1.165) is 0 Å². The van der Waals surface area contributed by atoms with E-state index in [1.807, 2.05) is 0 Å². The third-order valence-corrected chi connectivity index (χ3v) is 3.56. The van der Waals surface area contributed by atoms with Crippen LogP contribution in [0.15, 0.2) is 41.3 Å². The number of nitrogens with zero attached hydrogens (tertiary/aromatic N) is 1. The summed E-state index contributed by atoms with van der Waals surface area (Å²) in [6.45, 7) is 1.56. The van der Waals surface area contributed by atoms with Gasteiger partial charge in [-0.25, -0.2) is 8.42 Å². The Morgan fingerprint density at radius 3 is 2.50 bits per heavy atom. The second-order valence-electron chi connectivity index (χ2n) is 3.56. The van der Waals surface area contributed by atoms with Crippen molar-refractivity contribution in [3.63, 3.8) is 0 Å². The van der Waals surface area contributed by atoms with Crippen molar-refractivity contribution in [3.05, 3.63) is 36.4 Å². The highest BCUT2D eigenvalue weighted by molar-refractivity contribution is 7.89. The van der Waals surface area contributed by atoms with Crippen LogP contribution >= 0.6 is 0 Å². The first-order chi connectivity index (χ1) is 8.49. The quantitative estimate of drug-likeness (QED) is 0.780. The van der Waals surface area contributed by atoms with Crippen molar-refractivity contribution in [1.29, 1.82) is 0 Å². The third-order valence-electron chi connectivity index (χ3n) is 2.20. The fourth-order valence-corrected chi connectivity index (χ4v) is 2.26. The zero-order chi connectivity index (χ0) is 13.6.